The Labute approximate surface area is 218 Å². The van der Waals surface area contributed by atoms with Crippen molar-refractivity contribution in [1.29, 1.82) is 0 Å². The predicted molar refractivity (Wildman–Crippen MR) is 134 cm³/mol. The van der Waals surface area contributed by atoms with Crippen LogP contribution in [0.1, 0.15) is 44.5 Å². The van der Waals surface area contributed by atoms with Crippen LogP contribution in [0.3, 0.4) is 0 Å². The van der Waals surface area contributed by atoms with Crippen LogP contribution in [0.15, 0.2) is 25.0 Å². The molecule has 0 aliphatic heterocycles. The first-order valence-electron chi connectivity index (χ1n) is 12.1. The van der Waals surface area contributed by atoms with Crippen molar-refractivity contribution in [2.45, 2.75) is 70.1 Å². The number of nitrogens with zero attached hydrogens (tertiary/aromatic N) is 2. The summed E-state index contributed by atoms with van der Waals surface area (Å²) in [5, 5.41) is 17.1. The van der Waals surface area contributed by atoms with Gasteiger partial charge < -0.3 is 42.5 Å². The lowest BCUT2D eigenvalue weighted by Gasteiger charge is -2.25. The lowest BCUT2D eigenvalue weighted by molar-refractivity contribution is -0.142. The van der Waals surface area contributed by atoms with Crippen molar-refractivity contribution in [3.8, 4) is 0 Å². The summed E-state index contributed by atoms with van der Waals surface area (Å²) in [5.74, 6) is -3.99. The van der Waals surface area contributed by atoms with Gasteiger partial charge in [0.2, 0.25) is 23.6 Å². The van der Waals surface area contributed by atoms with E-state index >= 15 is 0 Å². The molecule has 0 saturated heterocycles. The van der Waals surface area contributed by atoms with E-state index in [-0.39, 0.29) is 31.6 Å². The number of aromatic nitrogens is 4. The average Bonchev–Trinajstić information content (AvgIpc) is 3.54. The predicted octanol–water partition coefficient (Wildman–Crippen LogP) is -1.90. The van der Waals surface area contributed by atoms with Crippen molar-refractivity contribution in [2.75, 3.05) is 0 Å². The minimum absolute atomic E-state index is 0.0582. The second-order valence-corrected chi connectivity index (χ2v) is 9.32. The van der Waals surface area contributed by atoms with E-state index in [0.29, 0.717) is 17.8 Å². The molecular weight excluding hydrogens is 498 g/mol. The molecule has 0 spiro atoms. The van der Waals surface area contributed by atoms with Crippen LogP contribution in [0.5, 0.6) is 0 Å². The molecule has 4 atom stereocenters. The van der Waals surface area contributed by atoms with Gasteiger partial charge in [-0.3, -0.25) is 19.2 Å². The second kappa shape index (κ2) is 14.5. The summed E-state index contributed by atoms with van der Waals surface area (Å²) in [4.78, 5) is 75.4. The van der Waals surface area contributed by atoms with Gasteiger partial charge in [-0.1, -0.05) is 13.8 Å². The minimum Gasteiger partial charge on any atom is -0.480 e. The highest BCUT2D eigenvalue weighted by Crippen LogP contribution is 2.07. The first kappa shape index (κ1) is 30.0. The number of imidazole rings is 2. The zero-order valence-electron chi connectivity index (χ0n) is 21.3. The molecule has 15 heteroatoms. The Morgan fingerprint density at radius 3 is 1.84 bits per heavy atom. The van der Waals surface area contributed by atoms with E-state index in [1.54, 1.807) is 0 Å². The number of amides is 4. The monoisotopic (exact) mass is 533 g/mol. The van der Waals surface area contributed by atoms with Crippen LogP contribution in [0.25, 0.3) is 0 Å². The molecule has 2 heterocycles. The van der Waals surface area contributed by atoms with Crippen LogP contribution in [-0.2, 0) is 36.8 Å². The van der Waals surface area contributed by atoms with Gasteiger partial charge in [0.25, 0.3) is 0 Å². The fourth-order valence-electron chi connectivity index (χ4n) is 3.64. The molecule has 2 rings (SSSR count). The number of primary amides is 1. The molecule has 4 amide bonds. The number of carbonyl (C=O) groups excluding carboxylic acids is 4. The molecule has 0 aromatic carbocycles. The lowest BCUT2D eigenvalue weighted by atomic mass is 10.0. The topological polar surface area (TPSA) is 251 Å². The number of rotatable bonds is 16. The van der Waals surface area contributed by atoms with Gasteiger partial charge in [0.15, 0.2) is 0 Å². The van der Waals surface area contributed by atoms with Gasteiger partial charge in [-0.25, -0.2) is 14.8 Å². The Morgan fingerprint density at radius 1 is 0.868 bits per heavy atom. The standard InChI is InChI=1S/C23H35N9O6/c1-12(2)5-15(24)20(34)30-16(3-4-19(25)33)21(35)31-17(6-13-8-26-10-28-13)22(36)32-18(23(37)38)7-14-9-27-11-29-14/h8-12,15-18H,3-7,24H2,1-2H3,(H2,25,33)(H,26,28)(H,27,29)(H,30,34)(H,31,35)(H,32,36)(H,37,38). The SMILES string of the molecule is CC(C)CC(N)C(=O)NC(CCC(N)=O)C(=O)NC(Cc1cnc[nH]1)C(=O)NC(Cc1cnc[nH]1)C(=O)O. The number of nitrogens with two attached hydrogens (primary N) is 2. The highest BCUT2D eigenvalue weighted by Gasteiger charge is 2.31. The van der Waals surface area contributed by atoms with Crippen LogP contribution in [0.2, 0.25) is 0 Å². The number of carbonyl (C=O) groups is 5. The van der Waals surface area contributed by atoms with E-state index in [4.69, 9.17) is 11.5 Å². The van der Waals surface area contributed by atoms with E-state index in [1.165, 1.54) is 25.0 Å². The van der Waals surface area contributed by atoms with E-state index in [0.717, 1.165) is 0 Å². The van der Waals surface area contributed by atoms with E-state index in [1.807, 2.05) is 13.8 Å². The molecule has 208 valence electrons. The number of hydrogen-bond donors (Lipinski definition) is 8. The quantitative estimate of drug-likeness (QED) is 0.120. The zero-order valence-corrected chi connectivity index (χ0v) is 21.3. The van der Waals surface area contributed by atoms with Crippen molar-refractivity contribution in [3.05, 3.63) is 36.4 Å². The highest BCUT2D eigenvalue weighted by molar-refractivity contribution is 5.94. The third-order valence-corrected chi connectivity index (χ3v) is 5.58. The molecule has 0 bridgehead atoms. The molecule has 0 aliphatic rings. The van der Waals surface area contributed by atoms with E-state index < -0.39 is 53.8 Å². The number of nitrogens with one attached hydrogen (secondary N) is 5. The van der Waals surface area contributed by atoms with E-state index in [9.17, 15) is 29.1 Å². The second-order valence-electron chi connectivity index (χ2n) is 9.32. The van der Waals surface area contributed by atoms with Crippen molar-refractivity contribution in [1.82, 2.24) is 35.9 Å². The molecule has 0 aliphatic carbocycles. The Balaban J connectivity index is 2.20. The summed E-state index contributed by atoms with van der Waals surface area (Å²) >= 11 is 0. The van der Waals surface area contributed by atoms with Gasteiger partial charge in [-0.2, -0.15) is 0 Å². The van der Waals surface area contributed by atoms with Gasteiger partial charge in [-0.05, 0) is 18.8 Å². The molecule has 0 saturated carbocycles. The van der Waals surface area contributed by atoms with Gasteiger partial charge in [0, 0.05) is 43.0 Å². The zero-order chi connectivity index (χ0) is 28.2. The molecule has 0 fully saturated rings. The summed E-state index contributed by atoms with van der Waals surface area (Å²) in [6.45, 7) is 3.78. The molecule has 15 nitrogen and oxygen atoms in total. The van der Waals surface area contributed by atoms with Crippen LogP contribution in [-0.4, -0.2) is 78.8 Å². The van der Waals surface area contributed by atoms with Crippen LogP contribution in [0, 0.1) is 5.92 Å². The van der Waals surface area contributed by atoms with Crippen LogP contribution in [0.4, 0.5) is 0 Å². The number of hydrogen-bond acceptors (Lipinski definition) is 8. The maximum atomic E-state index is 13.2. The maximum Gasteiger partial charge on any atom is 0.326 e. The largest absolute Gasteiger partial charge is 0.480 e. The van der Waals surface area contributed by atoms with Gasteiger partial charge >= 0.3 is 5.97 Å². The Kier molecular flexibility index (Phi) is 11.4. The Hall–Kier alpha value is -4.27. The Bertz CT molecular complexity index is 1070. The number of H-pyrrole nitrogens is 2. The minimum atomic E-state index is -1.32. The van der Waals surface area contributed by atoms with Gasteiger partial charge in [0.05, 0.1) is 18.7 Å². The summed E-state index contributed by atoms with van der Waals surface area (Å²) in [6, 6.07) is -4.67. The molecular formula is C23H35N9O6. The fraction of sp³-hybridized carbons (Fsp3) is 0.522. The molecule has 2 aromatic heterocycles. The average molecular weight is 534 g/mol. The van der Waals surface area contributed by atoms with Crippen molar-refractivity contribution in [2.24, 2.45) is 17.4 Å². The maximum absolute atomic E-state index is 13.2. The number of aromatic amines is 2. The molecule has 4 unspecified atom stereocenters. The Morgan fingerprint density at radius 2 is 1.37 bits per heavy atom. The summed E-state index contributed by atoms with van der Waals surface area (Å²) in [6.07, 6.45) is 5.55. The summed E-state index contributed by atoms with van der Waals surface area (Å²) < 4.78 is 0. The first-order valence-corrected chi connectivity index (χ1v) is 12.1. The van der Waals surface area contributed by atoms with Crippen LogP contribution < -0.4 is 27.4 Å². The first-order chi connectivity index (χ1) is 18.0. The number of aliphatic carboxylic acids is 1. The molecule has 0 radical (unpaired) electrons. The third-order valence-electron chi connectivity index (χ3n) is 5.58. The molecule has 2 aromatic rings. The third kappa shape index (κ3) is 10.0. The molecule has 38 heavy (non-hydrogen) atoms. The number of carboxylic acids is 1. The van der Waals surface area contributed by atoms with Gasteiger partial charge in [-0.15, -0.1) is 0 Å². The lowest BCUT2D eigenvalue weighted by Crippen LogP contribution is -2.58. The van der Waals surface area contributed by atoms with Crippen LogP contribution >= 0.6 is 0 Å². The molecule has 10 N–H and O–H groups in total. The smallest absolute Gasteiger partial charge is 0.326 e. The van der Waals surface area contributed by atoms with Gasteiger partial charge in [0.1, 0.15) is 18.1 Å². The van der Waals surface area contributed by atoms with E-state index in [2.05, 4.69) is 35.9 Å². The normalized spacial score (nSPS) is 14.2. The van der Waals surface area contributed by atoms with Crippen molar-refractivity contribution in [3.63, 3.8) is 0 Å². The highest BCUT2D eigenvalue weighted by atomic mass is 16.4. The van der Waals surface area contributed by atoms with Crippen molar-refractivity contribution < 1.29 is 29.1 Å². The fourth-order valence-corrected chi connectivity index (χ4v) is 3.64. The number of carboxylic acid groups (broad SMARTS) is 1. The summed E-state index contributed by atoms with van der Waals surface area (Å²) in [5.41, 5.74) is 12.1. The summed E-state index contributed by atoms with van der Waals surface area (Å²) in [7, 11) is 0. The van der Waals surface area contributed by atoms with Crippen molar-refractivity contribution >= 4 is 29.6 Å².